The minimum absolute atomic E-state index is 0.208. The number of hydrogen-bond acceptors (Lipinski definition) is 10. The third-order valence-electron chi connectivity index (χ3n) is 13.5. The first-order valence-electron chi connectivity index (χ1n) is 28.1. The number of unbranched alkanes of at least 4 members (excludes halogenated alkanes) is 38. The fraction of sp³-hybridized carbons (Fsp3) is 0.964. The van der Waals surface area contributed by atoms with Crippen LogP contribution in [0.1, 0.15) is 284 Å². The molecular weight excluding hydrogens is 821 g/mol. The lowest BCUT2D eigenvalue weighted by Crippen LogP contribution is -2.59. The van der Waals surface area contributed by atoms with Crippen molar-refractivity contribution in [3.63, 3.8) is 0 Å². The molecule has 0 aromatic rings. The van der Waals surface area contributed by atoms with Gasteiger partial charge in [-0.3, -0.25) is 9.59 Å². The Labute approximate surface area is 399 Å². The van der Waals surface area contributed by atoms with Crippen molar-refractivity contribution in [2.75, 3.05) is 19.8 Å². The topological polar surface area (TPSA) is 152 Å². The fourth-order valence-corrected chi connectivity index (χ4v) is 9.08. The van der Waals surface area contributed by atoms with Crippen LogP contribution in [0.4, 0.5) is 0 Å². The summed E-state index contributed by atoms with van der Waals surface area (Å²) in [5.74, 6) is -0.783. The molecule has 0 bridgehead atoms. The van der Waals surface area contributed by atoms with Gasteiger partial charge in [-0.2, -0.15) is 0 Å². The summed E-state index contributed by atoms with van der Waals surface area (Å²) >= 11 is 0. The number of carbonyl (C=O) groups is 2. The number of rotatable bonds is 49. The molecule has 1 saturated heterocycles. The highest BCUT2D eigenvalue weighted by Crippen LogP contribution is 2.23. The molecule has 65 heavy (non-hydrogen) atoms. The summed E-state index contributed by atoms with van der Waals surface area (Å²) in [4.78, 5) is 25.5. The van der Waals surface area contributed by atoms with Gasteiger partial charge in [0.1, 0.15) is 31.0 Å². The van der Waals surface area contributed by atoms with E-state index in [0.717, 1.165) is 32.1 Å². The fourth-order valence-electron chi connectivity index (χ4n) is 9.08. The summed E-state index contributed by atoms with van der Waals surface area (Å²) in [5, 5.41) is 40.3. The van der Waals surface area contributed by atoms with Crippen molar-refractivity contribution in [1.29, 1.82) is 0 Å². The average Bonchev–Trinajstić information content (AvgIpc) is 3.30. The molecule has 1 heterocycles. The maximum Gasteiger partial charge on any atom is 0.306 e. The molecule has 6 atom stereocenters. The second-order valence-electron chi connectivity index (χ2n) is 19.8. The number of hydrogen-bond donors (Lipinski definition) is 4. The molecule has 1 aliphatic rings. The van der Waals surface area contributed by atoms with E-state index in [9.17, 15) is 30.0 Å². The van der Waals surface area contributed by atoms with Gasteiger partial charge in [0.15, 0.2) is 12.4 Å². The Hall–Kier alpha value is -1.30. The molecule has 0 spiro atoms. The average molecular weight is 927 g/mol. The monoisotopic (exact) mass is 927 g/mol. The van der Waals surface area contributed by atoms with Crippen molar-refractivity contribution < 1.29 is 49.0 Å². The van der Waals surface area contributed by atoms with Crippen LogP contribution in [0.15, 0.2) is 0 Å². The summed E-state index contributed by atoms with van der Waals surface area (Å²) in [7, 11) is 0. The Morgan fingerprint density at radius 3 is 1.05 bits per heavy atom. The van der Waals surface area contributed by atoms with E-state index in [-0.39, 0.29) is 32.0 Å². The van der Waals surface area contributed by atoms with Gasteiger partial charge in [-0.15, -0.1) is 0 Å². The van der Waals surface area contributed by atoms with Gasteiger partial charge in [0.05, 0.1) is 13.2 Å². The minimum Gasteiger partial charge on any atom is -0.462 e. The predicted octanol–water partition coefficient (Wildman–Crippen LogP) is 13.7. The van der Waals surface area contributed by atoms with E-state index in [1.165, 1.54) is 218 Å². The molecule has 2 unspecified atom stereocenters. The Bertz CT molecular complexity index is 1030. The molecule has 0 amide bonds. The molecule has 0 radical (unpaired) electrons. The van der Waals surface area contributed by atoms with Crippen LogP contribution in [0, 0.1) is 0 Å². The summed E-state index contributed by atoms with van der Waals surface area (Å²) in [6.07, 6.45) is 44.0. The largest absolute Gasteiger partial charge is 0.462 e. The third kappa shape index (κ3) is 37.3. The van der Waals surface area contributed by atoms with Gasteiger partial charge in [-0.25, -0.2) is 0 Å². The van der Waals surface area contributed by atoms with Gasteiger partial charge in [0.25, 0.3) is 0 Å². The van der Waals surface area contributed by atoms with E-state index < -0.39 is 49.4 Å². The smallest absolute Gasteiger partial charge is 0.306 e. The predicted molar refractivity (Wildman–Crippen MR) is 266 cm³/mol. The molecule has 386 valence electrons. The van der Waals surface area contributed by atoms with Gasteiger partial charge in [0.2, 0.25) is 0 Å². The highest BCUT2D eigenvalue weighted by Gasteiger charge is 2.44. The van der Waals surface area contributed by atoms with E-state index in [4.69, 9.17) is 18.9 Å². The molecule has 10 heteroatoms. The number of aliphatic hydroxyl groups is 4. The van der Waals surface area contributed by atoms with Crippen molar-refractivity contribution >= 4 is 11.9 Å². The van der Waals surface area contributed by atoms with Crippen LogP contribution in [0.2, 0.25) is 0 Å². The van der Waals surface area contributed by atoms with Crippen molar-refractivity contribution in [2.45, 2.75) is 320 Å². The maximum atomic E-state index is 12.9. The molecular formula is C55H106O10. The summed E-state index contributed by atoms with van der Waals surface area (Å²) < 4.78 is 22.3. The van der Waals surface area contributed by atoms with Crippen LogP contribution in [-0.4, -0.2) is 89.0 Å². The van der Waals surface area contributed by atoms with E-state index in [1.54, 1.807) is 0 Å². The number of esters is 2. The van der Waals surface area contributed by atoms with Crippen LogP contribution in [0.3, 0.4) is 0 Å². The second-order valence-corrected chi connectivity index (χ2v) is 19.8. The van der Waals surface area contributed by atoms with Gasteiger partial charge >= 0.3 is 11.9 Å². The Morgan fingerprint density at radius 2 is 0.723 bits per heavy atom. The SMILES string of the molecule is CCCCCCCCCCCCCCCCCCCCCCCCCC(=O)O[C@H](COC(=O)CCCCCCCCCCCCCCCCCCC)CO[C@@H]1O[C@H](CO)[C@H](O)C(O)C1O. The standard InChI is InChI=1S/C55H106O10/c1-3-5-7-9-11-13-15-17-19-21-22-23-24-25-26-28-30-32-34-36-38-40-42-44-51(58)64-48(47-63-55-54(61)53(60)52(59)49(45-56)65-55)46-62-50(57)43-41-39-37-35-33-31-29-27-20-18-16-14-12-10-8-6-4-2/h48-49,52-56,59-61H,3-47H2,1-2H3/t48-,49-,52+,53?,54?,55-/m1/s1. The Balaban J connectivity index is 2.19. The normalized spacial score (nSPS) is 19.1. The molecule has 1 fully saturated rings. The van der Waals surface area contributed by atoms with Crippen molar-refractivity contribution in [3.8, 4) is 0 Å². The third-order valence-corrected chi connectivity index (χ3v) is 13.5. The van der Waals surface area contributed by atoms with Crippen LogP contribution in [-0.2, 0) is 28.5 Å². The highest BCUT2D eigenvalue weighted by atomic mass is 16.7. The van der Waals surface area contributed by atoms with Crippen molar-refractivity contribution in [2.24, 2.45) is 0 Å². The lowest BCUT2D eigenvalue weighted by molar-refractivity contribution is -0.305. The lowest BCUT2D eigenvalue weighted by atomic mass is 9.99. The first kappa shape index (κ1) is 61.7. The van der Waals surface area contributed by atoms with Crippen molar-refractivity contribution in [1.82, 2.24) is 0 Å². The van der Waals surface area contributed by atoms with Gasteiger partial charge in [-0.05, 0) is 12.8 Å². The second kappa shape index (κ2) is 46.4. The van der Waals surface area contributed by atoms with Crippen LogP contribution in [0.25, 0.3) is 0 Å². The first-order chi connectivity index (χ1) is 31.8. The van der Waals surface area contributed by atoms with Gasteiger partial charge in [0, 0.05) is 12.8 Å². The van der Waals surface area contributed by atoms with Crippen LogP contribution >= 0.6 is 0 Å². The molecule has 10 nitrogen and oxygen atoms in total. The van der Waals surface area contributed by atoms with E-state index in [2.05, 4.69) is 13.8 Å². The minimum atomic E-state index is -1.59. The Kier molecular flexibility index (Phi) is 44.1. The molecule has 1 rings (SSSR count). The summed E-state index contributed by atoms with van der Waals surface area (Å²) in [5.41, 5.74) is 0. The zero-order chi connectivity index (χ0) is 47.3. The first-order valence-corrected chi connectivity index (χ1v) is 28.1. The van der Waals surface area contributed by atoms with Gasteiger partial charge in [-0.1, -0.05) is 258 Å². The van der Waals surface area contributed by atoms with E-state index in [0.29, 0.717) is 6.42 Å². The molecule has 0 aliphatic carbocycles. The summed E-state index contributed by atoms with van der Waals surface area (Å²) in [6.45, 7) is 3.50. The molecule has 4 N–H and O–H groups in total. The Morgan fingerprint density at radius 1 is 0.415 bits per heavy atom. The van der Waals surface area contributed by atoms with Crippen LogP contribution in [0.5, 0.6) is 0 Å². The maximum absolute atomic E-state index is 12.9. The number of carbonyl (C=O) groups excluding carboxylic acids is 2. The molecule has 0 aromatic carbocycles. The van der Waals surface area contributed by atoms with E-state index in [1.807, 2.05) is 0 Å². The summed E-state index contributed by atoms with van der Waals surface area (Å²) in [6, 6.07) is 0. The highest BCUT2D eigenvalue weighted by molar-refractivity contribution is 5.70. The molecule has 0 saturated carbocycles. The van der Waals surface area contributed by atoms with E-state index >= 15 is 0 Å². The number of aliphatic hydroxyl groups excluding tert-OH is 4. The van der Waals surface area contributed by atoms with Crippen LogP contribution < -0.4 is 0 Å². The molecule has 1 aliphatic heterocycles. The van der Waals surface area contributed by atoms with Gasteiger partial charge < -0.3 is 39.4 Å². The quantitative estimate of drug-likeness (QED) is 0.0343. The lowest BCUT2D eigenvalue weighted by Gasteiger charge is -2.39. The molecule has 0 aromatic heterocycles. The zero-order valence-electron chi connectivity index (χ0n) is 42.5. The van der Waals surface area contributed by atoms with Crippen molar-refractivity contribution in [3.05, 3.63) is 0 Å². The number of ether oxygens (including phenoxy) is 4. The zero-order valence-corrected chi connectivity index (χ0v) is 42.5.